The molecule has 1 aromatic heterocycles. The molecule has 0 aliphatic rings. The fourth-order valence-electron chi connectivity index (χ4n) is 2.05. The average molecular weight is 360 g/mol. The van der Waals surface area contributed by atoms with Crippen molar-refractivity contribution in [2.75, 3.05) is 0 Å². The number of carboxylic acid groups (broad SMARTS) is 1. The molecule has 3 N–H and O–H groups in total. The van der Waals surface area contributed by atoms with Crippen LogP contribution >= 0.6 is 15.9 Å². The van der Waals surface area contributed by atoms with E-state index in [1.54, 1.807) is 12.1 Å². The Labute approximate surface area is 133 Å². The summed E-state index contributed by atoms with van der Waals surface area (Å²) in [7, 11) is 0. The van der Waals surface area contributed by atoms with E-state index in [2.05, 4.69) is 31.1 Å². The number of halogens is 1. The minimum Gasteiger partial charge on any atom is -0.493 e. The molecule has 0 aliphatic carbocycles. The van der Waals surface area contributed by atoms with Crippen LogP contribution in [0.4, 0.5) is 11.4 Å². The van der Waals surface area contributed by atoms with Crippen LogP contribution < -0.4 is 0 Å². The van der Waals surface area contributed by atoms with Gasteiger partial charge in [0.2, 0.25) is 5.88 Å². The van der Waals surface area contributed by atoms with E-state index in [0.29, 0.717) is 16.8 Å². The van der Waals surface area contributed by atoms with Gasteiger partial charge in [0.1, 0.15) is 0 Å². The van der Waals surface area contributed by atoms with Crippen LogP contribution in [0.25, 0.3) is 10.9 Å². The van der Waals surface area contributed by atoms with Gasteiger partial charge < -0.3 is 15.2 Å². The van der Waals surface area contributed by atoms with Gasteiger partial charge >= 0.3 is 5.97 Å². The molecule has 6 nitrogen and oxygen atoms in total. The third-order valence-corrected chi connectivity index (χ3v) is 3.57. The fourth-order valence-corrected chi connectivity index (χ4v) is 2.41. The Morgan fingerprint density at radius 1 is 1.14 bits per heavy atom. The lowest BCUT2D eigenvalue weighted by molar-refractivity contribution is 0.0697. The molecule has 0 saturated carbocycles. The molecule has 2 aromatic carbocycles. The highest BCUT2D eigenvalue weighted by Crippen LogP contribution is 2.37. The SMILES string of the molecule is O=C(O)c1cccc(N=Nc2c(O)[nH]c3ccc(Br)cc23)c1. The van der Waals surface area contributed by atoms with Crippen molar-refractivity contribution in [2.24, 2.45) is 10.2 Å². The Bertz CT molecular complexity index is 902. The van der Waals surface area contributed by atoms with Crippen LogP contribution in [0.15, 0.2) is 57.2 Å². The van der Waals surface area contributed by atoms with Crippen LogP contribution in [0, 0.1) is 0 Å². The standard InChI is InChI=1S/C15H10BrN3O3/c16-9-4-5-12-11(7-9)13(14(20)17-12)19-18-10-3-1-2-8(6-10)15(21)22/h1-7,17,20H,(H,21,22). The molecule has 7 heteroatoms. The van der Waals surface area contributed by atoms with Crippen LogP contribution in [0.1, 0.15) is 10.4 Å². The molecule has 22 heavy (non-hydrogen) atoms. The van der Waals surface area contributed by atoms with Gasteiger partial charge in [-0.3, -0.25) is 0 Å². The van der Waals surface area contributed by atoms with Crippen molar-refractivity contribution in [3.63, 3.8) is 0 Å². The molecule has 0 unspecified atom stereocenters. The zero-order valence-electron chi connectivity index (χ0n) is 11.1. The number of azo groups is 1. The zero-order chi connectivity index (χ0) is 15.7. The smallest absolute Gasteiger partial charge is 0.335 e. The fraction of sp³-hybridized carbons (Fsp3) is 0. The summed E-state index contributed by atoms with van der Waals surface area (Å²) in [6.45, 7) is 0. The molecule has 110 valence electrons. The molecule has 0 atom stereocenters. The van der Waals surface area contributed by atoms with Crippen LogP contribution in [0.3, 0.4) is 0 Å². The number of aromatic hydroxyl groups is 1. The Morgan fingerprint density at radius 2 is 1.95 bits per heavy atom. The average Bonchev–Trinajstić information content (AvgIpc) is 2.80. The lowest BCUT2D eigenvalue weighted by Gasteiger charge is -1.96. The van der Waals surface area contributed by atoms with Gasteiger partial charge in [-0.05, 0) is 36.4 Å². The normalized spacial score (nSPS) is 11.3. The summed E-state index contributed by atoms with van der Waals surface area (Å²) < 4.78 is 0.850. The molecular formula is C15H10BrN3O3. The number of aromatic carboxylic acids is 1. The van der Waals surface area contributed by atoms with E-state index in [9.17, 15) is 9.90 Å². The first-order valence-corrected chi connectivity index (χ1v) is 7.09. The maximum absolute atomic E-state index is 10.9. The number of fused-ring (bicyclic) bond motifs is 1. The van der Waals surface area contributed by atoms with Crippen molar-refractivity contribution in [1.82, 2.24) is 4.98 Å². The van der Waals surface area contributed by atoms with Gasteiger partial charge in [-0.25, -0.2) is 4.79 Å². The van der Waals surface area contributed by atoms with Gasteiger partial charge in [0.25, 0.3) is 0 Å². The minimum absolute atomic E-state index is 0.0914. The third kappa shape index (κ3) is 2.71. The molecule has 0 radical (unpaired) electrons. The second kappa shape index (κ2) is 5.61. The Kier molecular flexibility index (Phi) is 3.64. The topological polar surface area (TPSA) is 98.0 Å². The third-order valence-electron chi connectivity index (χ3n) is 3.07. The first-order valence-electron chi connectivity index (χ1n) is 6.30. The molecular weight excluding hydrogens is 350 g/mol. The second-order valence-corrected chi connectivity index (χ2v) is 5.48. The quantitative estimate of drug-likeness (QED) is 0.588. The number of carboxylic acids is 1. The molecule has 0 fully saturated rings. The van der Waals surface area contributed by atoms with Gasteiger partial charge in [0.15, 0.2) is 5.69 Å². The number of benzene rings is 2. The summed E-state index contributed by atoms with van der Waals surface area (Å²) >= 11 is 3.36. The number of hydrogen-bond acceptors (Lipinski definition) is 4. The zero-order valence-corrected chi connectivity index (χ0v) is 12.7. The van der Waals surface area contributed by atoms with Crippen molar-refractivity contribution in [1.29, 1.82) is 0 Å². The molecule has 0 aliphatic heterocycles. The Hall–Kier alpha value is -2.67. The van der Waals surface area contributed by atoms with Crippen LogP contribution in [0.2, 0.25) is 0 Å². The summed E-state index contributed by atoms with van der Waals surface area (Å²) in [5, 5.41) is 27.6. The van der Waals surface area contributed by atoms with Gasteiger partial charge in [-0.15, -0.1) is 5.11 Å². The highest BCUT2D eigenvalue weighted by Gasteiger charge is 2.11. The first kappa shape index (κ1) is 14.3. The molecule has 0 spiro atoms. The number of hydrogen-bond donors (Lipinski definition) is 3. The van der Waals surface area contributed by atoms with Crippen molar-refractivity contribution in [3.05, 3.63) is 52.5 Å². The molecule has 0 amide bonds. The van der Waals surface area contributed by atoms with E-state index < -0.39 is 5.97 Å². The summed E-state index contributed by atoms with van der Waals surface area (Å²) in [6, 6.07) is 11.6. The van der Waals surface area contributed by atoms with Crippen molar-refractivity contribution in [2.45, 2.75) is 0 Å². The number of aromatic nitrogens is 1. The summed E-state index contributed by atoms with van der Waals surface area (Å²) in [6.07, 6.45) is 0. The number of aromatic amines is 1. The van der Waals surface area contributed by atoms with E-state index >= 15 is 0 Å². The number of nitrogens with one attached hydrogen (secondary N) is 1. The number of carbonyl (C=O) groups is 1. The van der Waals surface area contributed by atoms with E-state index in [-0.39, 0.29) is 11.4 Å². The monoisotopic (exact) mass is 359 g/mol. The maximum Gasteiger partial charge on any atom is 0.335 e. The van der Waals surface area contributed by atoms with E-state index in [1.165, 1.54) is 12.1 Å². The highest BCUT2D eigenvalue weighted by molar-refractivity contribution is 9.10. The van der Waals surface area contributed by atoms with Crippen molar-refractivity contribution >= 4 is 44.2 Å². The summed E-state index contributed by atoms with van der Waals surface area (Å²) in [4.78, 5) is 13.7. The van der Waals surface area contributed by atoms with E-state index in [4.69, 9.17) is 5.11 Å². The highest BCUT2D eigenvalue weighted by atomic mass is 79.9. The van der Waals surface area contributed by atoms with Crippen LogP contribution in [-0.4, -0.2) is 21.2 Å². The Morgan fingerprint density at radius 3 is 2.73 bits per heavy atom. The first-order chi connectivity index (χ1) is 10.5. The van der Waals surface area contributed by atoms with Gasteiger partial charge in [0.05, 0.1) is 16.8 Å². The van der Waals surface area contributed by atoms with E-state index in [1.807, 2.05) is 18.2 Å². The Balaban J connectivity index is 2.02. The van der Waals surface area contributed by atoms with Crippen molar-refractivity contribution < 1.29 is 15.0 Å². The lowest BCUT2D eigenvalue weighted by atomic mass is 10.2. The molecule has 1 heterocycles. The molecule has 3 rings (SSSR count). The van der Waals surface area contributed by atoms with Gasteiger partial charge in [-0.1, -0.05) is 22.0 Å². The summed E-state index contributed by atoms with van der Waals surface area (Å²) in [5.41, 5.74) is 1.55. The lowest BCUT2D eigenvalue weighted by Crippen LogP contribution is -1.94. The van der Waals surface area contributed by atoms with E-state index in [0.717, 1.165) is 9.99 Å². The maximum atomic E-state index is 10.9. The molecule has 0 bridgehead atoms. The predicted octanol–water partition coefficient (Wildman–Crippen LogP) is 4.75. The largest absolute Gasteiger partial charge is 0.493 e. The predicted molar refractivity (Wildman–Crippen MR) is 85.2 cm³/mol. The number of rotatable bonds is 3. The van der Waals surface area contributed by atoms with Crippen molar-refractivity contribution in [3.8, 4) is 5.88 Å². The van der Waals surface area contributed by atoms with Gasteiger partial charge in [0, 0.05) is 9.86 Å². The molecule has 0 saturated heterocycles. The molecule has 3 aromatic rings. The minimum atomic E-state index is -1.03. The number of nitrogens with zero attached hydrogens (tertiary/aromatic N) is 2. The summed E-state index contributed by atoms with van der Waals surface area (Å²) in [5.74, 6) is -1.12. The van der Waals surface area contributed by atoms with Crippen LogP contribution in [-0.2, 0) is 0 Å². The number of H-pyrrole nitrogens is 1. The second-order valence-electron chi connectivity index (χ2n) is 4.57. The van der Waals surface area contributed by atoms with Gasteiger partial charge in [-0.2, -0.15) is 5.11 Å². The van der Waals surface area contributed by atoms with Crippen LogP contribution in [0.5, 0.6) is 5.88 Å².